The van der Waals surface area contributed by atoms with Gasteiger partial charge in [0, 0.05) is 20.1 Å². The number of rotatable bonds is 5. The van der Waals surface area contributed by atoms with Crippen LogP contribution in [-0.2, 0) is 9.53 Å². The molecule has 18 heavy (non-hydrogen) atoms. The molecule has 1 aliphatic rings. The largest absolute Gasteiger partial charge is 0.453 e. The molecular weight excluding hydrogens is 234 g/mol. The summed E-state index contributed by atoms with van der Waals surface area (Å²) < 4.78 is 4.62. The Morgan fingerprint density at radius 1 is 1.33 bits per heavy atom. The second-order valence-corrected chi connectivity index (χ2v) is 4.74. The molecular formula is C12H23N3O3. The number of nitrogens with zero attached hydrogens (tertiary/aromatic N) is 1. The van der Waals surface area contributed by atoms with Gasteiger partial charge in [0.15, 0.2) is 0 Å². The Kier molecular flexibility index (Phi) is 5.40. The van der Waals surface area contributed by atoms with Gasteiger partial charge in [-0.3, -0.25) is 4.79 Å². The Morgan fingerprint density at radius 2 is 1.94 bits per heavy atom. The Bertz CT molecular complexity index is 301. The molecule has 0 saturated heterocycles. The third kappa shape index (κ3) is 3.35. The first kappa shape index (κ1) is 14.8. The molecule has 0 unspecified atom stereocenters. The zero-order chi connectivity index (χ0) is 13.6. The summed E-state index contributed by atoms with van der Waals surface area (Å²) in [6, 6.07) is 0. The number of methoxy groups -OCH3 is 1. The van der Waals surface area contributed by atoms with Crippen LogP contribution in [0.4, 0.5) is 4.79 Å². The highest BCUT2D eigenvalue weighted by molar-refractivity contribution is 5.90. The van der Waals surface area contributed by atoms with Gasteiger partial charge in [-0.1, -0.05) is 12.8 Å². The predicted octanol–water partition coefficient (Wildman–Crippen LogP) is 0.333. The number of likely N-dealkylation sites (N-methyl/N-ethyl adjacent to an activating group) is 2. The van der Waals surface area contributed by atoms with Gasteiger partial charge in [0.2, 0.25) is 5.91 Å². The van der Waals surface area contributed by atoms with Crippen molar-refractivity contribution in [3.8, 4) is 0 Å². The van der Waals surface area contributed by atoms with Crippen LogP contribution in [0.3, 0.4) is 0 Å². The topological polar surface area (TPSA) is 70.7 Å². The van der Waals surface area contributed by atoms with Gasteiger partial charge in [-0.05, 0) is 19.9 Å². The monoisotopic (exact) mass is 257 g/mol. The van der Waals surface area contributed by atoms with Crippen molar-refractivity contribution in [1.29, 1.82) is 0 Å². The van der Waals surface area contributed by atoms with Crippen molar-refractivity contribution in [2.24, 2.45) is 0 Å². The molecule has 0 spiro atoms. The third-order valence-electron chi connectivity index (χ3n) is 3.44. The second kappa shape index (κ2) is 6.58. The molecule has 0 aromatic rings. The number of alkyl carbamates (subject to hydrolysis) is 1. The summed E-state index contributed by atoms with van der Waals surface area (Å²) in [5.41, 5.74) is -0.768. The number of hydrogen-bond donors (Lipinski definition) is 2. The zero-order valence-electron chi connectivity index (χ0n) is 11.4. The molecule has 6 heteroatoms. The van der Waals surface area contributed by atoms with E-state index in [0.29, 0.717) is 19.4 Å². The van der Waals surface area contributed by atoms with Crippen molar-refractivity contribution < 1.29 is 14.3 Å². The fraction of sp³-hybridized carbons (Fsp3) is 0.833. The summed E-state index contributed by atoms with van der Waals surface area (Å²) in [4.78, 5) is 25.5. The van der Waals surface area contributed by atoms with E-state index in [4.69, 9.17) is 0 Å². The summed E-state index contributed by atoms with van der Waals surface area (Å²) >= 11 is 0. The normalized spacial score (nSPS) is 17.3. The van der Waals surface area contributed by atoms with Crippen LogP contribution in [0, 0.1) is 0 Å². The molecule has 6 nitrogen and oxygen atoms in total. The van der Waals surface area contributed by atoms with Crippen molar-refractivity contribution in [2.75, 3.05) is 34.3 Å². The van der Waals surface area contributed by atoms with Gasteiger partial charge in [-0.25, -0.2) is 4.79 Å². The van der Waals surface area contributed by atoms with Gasteiger partial charge in [0.1, 0.15) is 5.54 Å². The summed E-state index contributed by atoms with van der Waals surface area (Å²) in [6.45, 7) is 1.36. The van der Waals surface area contributed by atoms with Crippen molar-refractivity contribution >= 4 is 12.0 Å². The predicted molar refractivity (Wildman–Crippen MR) is 68.3 cm³/mol. The summed E-state index contributed by atoms with van der Waals surface area (Å²) in [7, 11) is 4.92. The highest BCUT2D eigenvalue weighted by Gasteiger charge is 2.44. The van der Waals surface area contributed by atoms with Crippen molar-refractivity contribution in [1.82, 2.24) is 15.5 Å². The van der Waals surface area contributed by atoms with E-state index in [-0.39, 0.29) is 5.91 Å². The zero-order valence-corrected chi connectivity index (χ0v) is 11.4. The molecule has 1 fully saturated rings. The van der Waals surface area contributed by atoms with Crippen LogP contribution in [-0.4, -0.2) is 56.7 Å². The lowest BCUT2D eigenvalue weighted by Crippen LogP contribution is -2.58. The molecule has 1 rings (SSSR count). The van der Waals surface area contributed by atoms with E-state index in [9.17, 15) is 9.59 Å². The highest BCUT2D eigenvalue weighted by Crippen LogP contribution is 2.31. The quantitative estimate of drug-likeness (QED) is 0.745. The van der Waals surface area contributed by atoms with Crippen LogP contribution in [0.15, 0.2) is 0 Å². The van der Waals surface area contributed by atoms with Crippen LogP contribution in [0.2, 0.25) is 0 Å². The molecule has 0 aliphatic heterocycles. The lowest BCUT2D eigenvalue weighted by atomic mass is 9.96. The van der Waals surface area contributed by atoms with E-state index in [2.05, 4.69) is 15.4 Å². The number of carbonyl (C=O) groups is 2. The molecule has 1 aliphatic carbocycles. The van der Waals surface area contributed by atoms with E-state index in [1.54, 1.807) is 11.9 Å². The lowest BCUT2D eigenvalue weighted by molar-refractivity contribution is -0.136. The Morgan fingerprint density at radius 3 is 2.44 bits per heavy atom. The van der Waals surface area contributed by atoms with Gasteiger partial charge in [-0.15, -0.1) is 0 Å². The minimum Gasteiger partial charge on any atom is -0.453 e. The Labute approximate surface area is 108 Å². The maximum Gasteiger partial charge on any atom is 0.407 e. The minimum absolute atomic E-state index is 0.0272. The van der Waals surface area contributed by atoms with Crippen molar-refractivity contribution in [2.45, 2.75) is 31.2 Å². The molecule has 0 heterocycles. The standard InChI is InChI=1S/C12H23N3O3/c1-13-8-9-15(2)10(16)12(6-4-5-7-12)14-11(17)18-3/h13H,4-9H2,1-3H3,(H,14,17). The average molecular weight is 257 g/mol. The van der Waals surface area contributed by atoms with Gasteiger partial charge in [0.25, 0.3) is 0 Å². The molecule has 0 radical (unpaired) electrons. The third-order valence-corrected chi connectivity index (χ3v) is 3.44. The van der Waals surface area contributed by atoms with Gasteiger partial charge < -0.3 is 20.3 Å². The van der Waals surface area contributed by atoms with E-state index in [1.165, 1.54) is 7.11 Å². The van der Waals surface area contributed by atoms with Gasteiger partial charge in [-0.2, -0.15) is 0 Å². The first-order valence-corrected chi connectivity index (χ1v) is 6.32. The lowest BCUT2D eigenvalue weighted by Gasteiger charge is -2.32. The van der Waals surface area contributed by atoms with Crippen LogP contribution in [0.25, 0.3) is 0 Å². The van der Waals surface area contributed by atoms with Crippen LogP contribution < -0.4 is 10.6 Å². The van der Waals surface area contributed by atoms with E-state index >= 15 is 0 Å². The molecule has 0 aromatic heterocycles. The summed E-state index contributed by atoms with van der Waals surface area (Å²) in [5, 5.41) is 5.73. The van der Waals surface area contributed by atoms with Crippen LogP contribution in [0.1, 0.15) is 25.7 Å². The Balaban J connectivity index is 2.71. The summed E-state index contributed by atoms with van der Waals surface area (Å²) in [6.07, 6.45) is 2.74. The number of ether oxygens (including phenoxy) is 1. The van der Waals surface area contributed by atoms with Gasteiger partial charge >= 0.3 is 6.09 Å². The summed E-state index contributed by atoms with van der Waals surface area (Å²) in [5.74, 6) is -0.0272. The number of hydrogen-bond acceptors (Lipinski definition) is 4. The number of nitrogens with one attached hydrogen (secondary N) is 2. The first-order valence-electron chi connectivity index (χ1n) is 6.32. The van der Waals surface area contributed by atoms with Gasteiger partial charge in [0.05, 0.1) is 7.11 Å². The maximum absolute atomic E-state index is 12.5. The number of amides is 2. The first-order chi connectivity index (χ1) is 8.55. The second-order valence-electron chi connectivity index (χ2n) is 4.74. The SMILES string of the molecule is CNCCN(C)C(=O)C1(NC(=O)OC)CCCC1. The highest BCUT2D eigenvalue weighted by atomic mass is 16.5. The minimum atomic E-state index is -0.768. The maximum atomic E-state index is 12.5. The van der Waals surface area contributed by atoms with Crippen LogP contribution in [0.5, 0.6) is 0 Å². The molecule has 0 bridgehead atoms. The average Bonchev–Trinajstić information content (AvgIpc) is 2.84. The Hall–Kier alpha value is -1.30. The molecule has 0 aromatic carbocycles. The van der Waals surface area contributed by atoms with E-state index in [0.717, 1.165) is 19.4 Å². The smallest absolute Gasteiger partial charge is 0.407 e. The molecule has 0 atom stereocenters. The molecule has 2 N–H and O–H groups in total. The molecule has 1 saturated carbocycles. The van der Waals surface area contributed by atoms with E-state index < -0.39 is 11.6 Å². The fourth-order valence-electron chi connectivity index (χ4n) is 2.36. The molecule has 2 amide bonds. The van der Waals surface area contributed by atoms with Crippen molar-refractivity contribution in [3.05, 3.63) is 0 Å². The molecule has 104 valence electrons. The number of carbonyl (C=O) groups excluding carboxylic acids is 2. The van der Waals surface area contributed by atoms with E-state index in [1.807, 2.05) is 7.05 Å². The van der Waals surface area contributed by atoms with Crippen LogP contribution >= 0.6 is 0 Å². The fourth-order valence-corrected chi connectivity index (χ4v) is 2.36. The van der Waals surface area contributed by atoms with Crippen molar-refractivity contribution in [3.63, 3.8) is 0 Å².